The molecule has 0 N–H and O–H groups in total. The molecule has 9 heteroatoms. The summed E-state index contributed by atoms with van der Waals surface area (Å²) in [5.74, 6) is 0.0760. The van der Waals surface area contributed by atoms with Gasteiger partial charge in [0.05, 0.1) is 12.2 Å². The van der Waals surface area contributed by atoms with Crippen LogP contribution in [-0.2, 0) is 20.9 Å². The van der Waals surface area contributed by atoms with Gasteiger partial charge < -0.3 is 14.5 Å². The number of hydrogen-bond acceptors (Lipinski definition) is 6. The first-order valence-electron chi connectivity index (χ1n) is 11.5. The van der Waals surface area contributed by atoms with Gasteiger partial charge in [-0.1, -0.05) is 47.5 Å². The van der Waals surface area contributed by atoms with Crippen molar-refractivity contribution in [3.05, 3.63) is 82.3 Å². The van der Waals surface area contributed by atoms with Gasteiger partial charge in [0.2, 0.25) is 0 Å². The van der Waals surface area contributed by atoms with Crippen molar-refractivity contribution in [1.82, 2.24) is 19.7 Å². The largest absolute Gasteiger partial charge is 0.452 e. The van der Waals surface area contributed by atoms with Crippen LogP contribution < -0.4 is 4.90 Å². The van der Waals surface area contributed by atoms with Crippen LogP contribution in [0.25, 0.3) is 6.08 Å². The molecule has 0 radical (unpaired) electrons. The van der Waals surface area contributed by atoms with E-state index in [0.717, 1.165) is 11.4 Å². The lowest BCUT2D eigenvalue weighted by atomic mass is 10.1. The Morgan fingerprint density at radius 3 is 2.49 bits per heavy atom. The Labute approximate surface area is 209 Å². The van der Waals surface area contributed by atoms with Crippen LogP contribution in [0.2, 0.25) is 5.15 Å². The molecule has 1 amide bonds. The minimum atomic E-state index is -0.604. The Bertz CT molecular complexity index is 1200. The number of amides is 1. The average Bonchev–Trinajstić information content (AvgIpc) is 3.15. The fourth-order valence-corrected chi connectivity index (χ4v) is 4.17. The van der Waals surface area contributed by atoms with E-state index in [1.807, 2.05) is 56.3 Å². The number of hydrogen-bond donors (Lipinski definition) is 0. The predicted molar refractivity (Wildman–Crippen MR) is 135 cm³/mol. The zero-order valence-corrected chi connectivity index (χ0v) is 20.6. The highest BCUT2D eigenvalue weighted by atomic mass is 35.5. The van der Waals surface area contributed by atoms with Crippen LogP contribution in [0.3, 0.4) is 0 Å². The molecular weight excluding hydrogens is 466 g/mol. The van der Waals surface area contributed by atoms with E-state index >= 15 is 0 Å². The molecule has 0 spiro atoms. The summed E-state index contributed by atoms with van der Waals surface area (Å²) < 4.78 is 6.87. The molecule has 8 nitrogen and oxygen atoms in total. The second kappa shape index (κ2) is 11.2. The van der Waals surface area contributed by atoms with E-state index in [2.05, 4.69) is 15.0 Å². The molecule has 3 aromatic rings. The lowest BCUT2D eigenvalue weighted by molar-refractivity contribution is -0.148. The van der Waals surface area contributed by atoms with Crippen LogP contribution in [0.15, 0.2) is 54.7 Å². The van der Waals surface area contributed by atoms with Crippen molar-refractivity contribution in [2.24, 2.45) is 0 Å². The van der Waals surface area contributed by atoms with E-state index in [-0.39, 0.29) is 12.5 Å². The summed E-state index contributed by atoms with van der Waals surface area (Å²) in [6.07, 6.45) is 4.61. The molecule has 0 saturated carbocycles. The van der Waals surface area contributed by atoms with Gasteiger partial charge in [-0.3, -0.25) is 4.79 Å². The summed E-state index contributed by atoms with van der Waals surface area (Å²) in [4.78, 5) is 32.9. The number of piperazine rings is 1. The van der Waals surface area contributed by atoms with Gasteiger partial charge in [0.25, 0.3) is 5.91 Å². The molecule has 2 aromatic heterocycles. The molecule has 1 aromatic carbocycles. The standard InChI is InChI=1S/C26H28ClN5O3/c1-19-6-8-21(9-7-19)17-32-26(27)22(20(2)29-32)10-11-25(34)35-18-24(33)31-15-13-30(14-16-31)23-5-3-4-12-28-23/h3-12H,13-18H2,1-2H3/b11-10+. The molecule has 182 valence electrons. The number of benzene rings is 1. The number of anilines is 1. The van der Waals surface area contributed by atoms with E-state index in [9.17, 15) is 9.59 Å². The third-order valence-electron chi connectivity index (χ3n) is 5.89. The second-order valence-corrected chi connectivity index (χ2v) is 8.79. The van der Waals surface area contributed by atoms with E-state index in [0.29, 0.717) is 49.1 Å². The molecule has 1 saturated heterocycles. The third kappa shape index (κ3) is 6.27. The highest BCUT2D eigenvalue weighted by molar-refractivity contribution is 6.31. The van der Waals surface area contributed by atoms with Crippen LogP contribution in [0, 0.1) is 13.8 Å². The molecule has 1 aliphatic rings. The highest BCUT2D eigenvalue weighted by Gasteiger charge is 2.22. The van der Waals surface area contributed by atoms with E-state index < -0.39 is 5.97 Å². The fraction of sp³-hybridized carbons (Fsp3) is 0.308. The monoisotopic (exact) mass is 493 g/mol. The summed E-state index contributed by atoms with van der Waals surface area (Å²) in [5.41, 5.74) is 3.61. The Balaban J connectivity index is 1.27. The summed E-state index contributed by atoms with van der Waals surface area (Å²) in [6.45, 7) is 6.56. The SMILES string of the molecule is Cc1ccc(Cn2nc(C)c(/C=C/C(=O)OCC(=O)N3CCN(c4ccccn4)CC3)c2Cl)cc1. The number of aromatic nitrogens is 3. The Morgan fingerprint density at radius 2 is 1.80 bits per heavy atom. The van der Waals surface area contributed by atoms with Crippen molar-refractivity contribution >= 4 is 35.4 Å². The Morgan fingerprint density at radius 1 is 1.06 bits per heavy atom. The normalized spacial score (nSPS) is 13.9. The molecule has 35 heavy (non-hydrogen) atoms. The highest BCUT2D eigenvalue weighted by Crippen LogP contribution is 2.22. The topological polar surface area (TPSA) is 80.6 Å². The minimum Gasteiger partial charge on any atom is -0.452 e. The van der Waals surface area contributed by atoms with Crippen LogP contribution in [0.1, 0.15) is 22.4 Å². The number of carbonyl (C=O) groups excluding carboxylic acids is 2. The van der Waals surface area contributed by atoms with E-state index in [4.69, 9.17) is 16.3 Å². The van der Waals surface area contributed by atoms with Crippen molar-refractivity contribution in [1.29, 1.82) is 0 Å². The average molecular weight is 494 g/mol. The van der Waals surface area contributed by atoms with Crippen LogP contribution in [0.4, 0.5) is 5.82 Å². The molecule has 3 heterocycles. The Kier molecular flexibility index (Phi) is 7.82. The molecule has 0 bridgehead atoms. The van der Waals surface area contributed by atoms with Gasteiger partial charge in [-0.05, 0) is 37.6 Å². The summed E-state index contributed by atoms with van der Waals surface area (Å²) in [7, 11) is 0. The zero-order chi connectivity index (χ0) is 24.8. The first-order valence-corrected chi connectivity index (χ1v) is 11.9. The first-order chi connectivity index (χ1) is 16.9. The summed E-state index contributed by atoms with van der Waals surface area (Å²) >= 11 is 6.51. The van der Waals surface area contributed by atoms with Gasteiger partial charge in [-0.2, -0.15) is 5.10 Å². The van der Waals surface area contributed by atoms with Crippen LogP contribution in [-0.4, -0.2) is 64.3 Å². The third-order valence-corrected chi connectivity index (χ3v) is 6.29. The molecule has 1 aliphatic heterocycles. The smallest absolute Gasteiger partial charge is 0.331 e. The maximum absolute atomic E-state index is 12.5. The van der Waals surface area contributed by atoms with Crippen molar-refractivity contribution in [2.75, 3.05) is 37.7 Å². The first kappa shape index (κ1) is 24.5. The maximum Gasteiger partial charge on any atom is 0.331 e. The minimum absolute atomic E-state index is 0.215. The van der Waals surface area contributed by atoms with Gasteiger partial charge >= 0.3 is 5.97 Å². The quantitative estimate of drug-likeness (QED) is 0.370. The number of ether oxygens (including phenoxy) is 1. The lowest BCUT2D eigenvalue weighted by Gasteiger charge is -2.35. The number of nitrogens with zero attached hydrogens (tertiary/aromatic N) is 5. The number of esters is 1. The number of carbonyl (C=O) groups is 2. The number of pyridine rings is 1. The van der Waals surface area contributed by atoms with Crippen LogP contribution in [0.5, 0.6) is 0 Å². The molecule has 4 rings (SSSR count). The van der Waals surface area contributed by atoms with E-state index in [1.54, 1.807) is 21.9 Å². The summed E-state index contributed by atoms with van der Waals surface area (Å²) in [5, 5.41) is 4.92. The van der Waals surface area contributed by atoms with Crippen molar-refractivity contribution in [3.8, 4) is 0 Å². The number of rotatable bonds is 7. The van der Waals surface area contributed by atoms with Crippen molar-refractivity contribution in [2.45, 2.75) is 20.4 Å². The van der Waals surface area contributed by atoms with Gasteiger partial charge in [-0.25, -0.2) is 14.5 Å². The molecular formula is C26H28ClN5O3. The fourth-order valence-electron chi connectivity index (χ4n) is 3.88. The predicted octanol–water partition coefficient (Wildman–Crippen LogP) is 3.50. The van der Waals surface area contributed by atoms with Crippen LogP contribution >= 0.6 is 11.6 Å². The van der Waals surface area contributed by atoms with Crippen molar-refractivity contribution < 1.29 is 14.3 Å². The Hall–Kier alpha value is -3.65. The van der Waals surface area contributed by atoms with Gasteiger partial charge in [-0.15, -0.1) is 0 Å². The maximum atomic E-state index is 12.5. The molecule has 0 atom stereocenters. The molecule has 0 aliphatic carbocycles. The van der Waals surface area contributed by atoms with Gasteiger partial charge in [0, 0.05) is 44.0 Å². The van der Waals surface area contributed by atoms with Gasteiger partial charge in [0.1, 0.15) is 11.0 Å². The number of aryl methyl sites for hydroxylation is 2. The van der Waals surface area contributed by atoms with Crippen molar-refractivity contribution in [3.63, 3.8) is 0 Å². The number of halogens is 1. The lowest BCUT2D eigenvalue weighted by Crippen LogP contribution is -2.50. The summed E-state index contributed by atoms with van der Waals surface area (Å²) in [6, 6.07) is 13.9. The van der Waals surface area contributed by atoms with E-state index in [1.165, 1.54) is 11.6 Å². The molecule has 1 fully saturated rings. The van der Waals surface area contributed by atoms with Gasteiger partial charge in [0.15, 0.2) is 6.61 Å². The second-order valence-electron chi connectivity index (χ2n) is 8.43. The molecule has 0 unspecified atom stereocenters. The zero-order valence-electron chi connectivity index (χ0n) is 19.9.